The van der Waals surface area contributed by atoms with E-state index < -0.39 is 0 Å². The average Bonchev–Trinajstić information content (AvgIpc) is 2.13. The minimum atomic E-state index is -0.0450. The molecule has 0 amide bonds. The van der Waals surface area contributed by atoms with Crippen LogP contribution in [0, 0.1) is 0 Å². The molecule has 13 heavy (non-hydrogen) atoms. The van der Waals surface area contributed by atoms with Gasteiger partial charge in [0.1, 0.15) is 6.10 Å². The van der Waals surface area contributed by atoms with E-state index in [2.05, 4.69) is 13.0 Å². The topological polar surface area (TPSA) is 26.3 Å². The molecule has 0 aromatic heterocycles. The van der Waals surface area contributed by atoms with Crippen molar-refractivity contribution in [2.24, 2.45) is 0 Å². The van der Waals surface area contributed by atoms with Gasteiger partial charge in [0.25, 0.3) is 0 Å². The quantitative estimate of drug-likeness (QED) is 0.379. The van der Waals surface area contributed by atoms with Crippen LogP contribution in [0.1, 0.15) is 45.4 Å². The van der Waals surface area contributed by atoms with Gasteiger partial charge in [0, 0.05) is 6.42 Å². The average molecular weight is 182 g/mol. The molecule has 0 unspecified atom stereocenters. The van der Waals surface area contributed by atoms with Gasteiger partial charge in [0.05, 0.1) is 0 Å². The number of carbonyl (C=O) groups excluding carboxylic acids is 1. The zero-order valence-corrected chi connectivity index (χ0v) is 8.29. The molecule has 1 aliphatic rings. The van der Waals surface area contributed by atoms with Crippen LogP contribution in [0.5, 0.6) is 0 Å². The maximum Gasteiger partial charge on any atom is 0.306 e. The Bertz CT molecular complexity index is 185. The fraction of sp³-hybridized carbons (Fsp3) is 0.727. The van der Waals surface area contributed by atoms with Crippen LogP contribution in [-0.4, -0.2) is 12.1 Å². The Hall–Kier alpha value is -0.790. The molecule has 1 rings (SSSR count). The molecule has 0 bridgehead atoms. The Balaban J connectivity index is 2.19. The minimum Gasteiger partial charge on any atom is -0.458 e. The fourth-order valence-electron chi connectivity index (χ4n) is 1.44. The highest BCUT2D eigenvalue weighted by Crippen LogP contribution is 2.15. The van der Waals surface area contributed by atoms with Crippen LogP contribution in [0.4, 0.5) is 0 Å². The zero-order chi connectivity index (χ0) is 9.52. The van der Waals surface area contributed by atoms with Crippen molar-refractivity contribution in [1.29, 1.82) is 0 Å². The van der Waals surface area contributed by atoms with E-state index in [9.17, 15) is 4.79 Å². The molecule has 1 saturated heterocycles. The summed E-state index contributed by atoms with van der Waals surface area (Å²) in [4.78, 5) is 10.9. The minimum absolute atomic E-state index is 0.0450. The van der Waals surface area contributed by atoms with Crippen molar-refractivity contribution in [2.75, 3.05) is 0 Å². The summed E-state index contributed by atoms with van der Waals surface area (Å²) < 4.78 is 5.14. The number of hydrogen-bond donors (Lipinski definition) is 0. The van der Waals surface area contributed by atoms with E-state index in [1.54, 1.807) is 0 Å². The van der Waals surface area contributed by atoms with Gasteiger partial charge in [-0.25, -0.2) is 0 Å². The van der Waals surface area contributed by atoms with Crippen molar-refractivity contribution < 1.29 is 9.53 Å². The number of esters is 1. The first-order chi connectivity index (χ1) is 6.33. The van der Waals surface area contributed by atoms with Crippen molar-refractivity contribution >= 4 is 5.97 Å². The number of rotatable bonds is 4. The second kappa shape index (κ2) is 5.79. The van der Waals surface area contributed by atoms with Gasteiger partial charge in [-0.1, -0.05) is 25.8 Å². The molecule has 0 aromatic carbocycles. The summed E-state index contributed by atoms with van der Waals surface area (Å²) in [5.74, 6) is -0.0450. The van der Waals surface area contributed by atoms with Crippen molar-refractivity contribution in [3.05, 3.63) is 12.2 Å². The lowest BCUT2D eigenvalue weighted by Gasteiger charge is -2.18. The highest BCUT2D eigenvalue weighted by molar-refractivity contribution is 5.70. The lowest BCUT2D eigenvalue weighted by Crippen LogP contribution is -2.21. The monoisotopic (exact) mass is 182 g/mol. The standard InChI is InChI=1S/C11H18O2/c1-2-3-4-5-7-10-8-6-9-11(12)13-10/h5,7,10H,2-4,6,8-9H2,1H3/b7-5-/t10-/m1/s1. The highest BCUT2D eigenvalue weighted by Gasteiger charge is 2.16. The number of ether oxygens (including phenoxy) is 1. The SMILES string of the molecule is CCCC/C=C\[C@@H]1CCCC(=O)O1. The Labute approximate surface area is 80.0 Å². The van der Waals surface area contributed by atoms with Gasteiger partial charge in [-0.05, 0) is 25.3 Å². The van der Waals surface area contributed by atoms with Gasteiger partial charge in [0.2, 0.25) is 0 Å². The maximum atomic E-state index is 10.9. The summed E-state index contributed by atoms with van der Waals surface area (Å²) in [5, 5.41) is 0. The summed E-state index contributed by atoms with van der Waals surface area (Å²) in [6.07, 6.45) is 10.3. The molecule has 1 fully saturated rings. The van der Waals surface area contributed by atoms with E-state index in [-0.39, 0.29) is 12.1 Å². The molecule has 1 heterocycles. The Morgan fingerprint density at radius 2 is 2.46 bits per heavy atom. The van der Waals surface area contributed by atoms with Crippen LogP contribution in [0.3, 0.4) is 0 Å². The highest BCUT2D eigenvalue weighted by atomic mass is 16.5. The van der Waals surface area contributed by atoms with Crippen molar-refractivity contribution in [2.45, 2.75) is 51.6 Å². The lowest BCUT2D eigenvalue weighted by molar-refractivity contribution is -0.150. The van der Waals surface area contributed by atoms with E-state index in [1.807, 2.05) is 6.08 Å². The molecule has 0 radical (unpaired) electrons. The Morgan fingerprint density at radius 1 is 1.62 bits per heavy atom. The van der Waals surface area contributed by atoms with Crippen LogP contribution in [0.2, 0.25) is 0 Å². The van der Waals surface area contributed by atoms with Gasteiger partial charge in [0.15, 0.2) is 0 Å². The van der Waals surface area contributed by atoms with Gasteiger partial charge in [-0.3, -0.25) is 4.79 Å². The second-order valence-electron chi connectivity index (χ2n) is 3.49. The van der Waals surface area contributed by atoms with Crippen LogP contribution in [-0.2, 0) is 9.53 Å². The molecule has 1 aliphatic heterocycles. The first-order valence-electron chi connectivity index (χ1n) is 5.19. The van der Waals surface area contributed by atoms with Gasteiger partial charge >= 0.3 is 5.97 Å². The van der Waals surface area contributed by atoms with E-state index in [0.717, 1.165) is 19.3 Å². The van der Waals surface area contributed by atoms with Gasteiger partial charge in [-0.2, -0.15) is 0 Å². The molecule has 74 valence electrons. The zero-order valence-electron chi connectivity index (χ0n) is 8.29. The molecule has 0 aromatic rings. The summed E-state index contributed by atoms with van der Waals surface area (Å²) in [6.45, 7) is 2.18. The molecule has 1 atom stereocenters. The molecule has 0 N–H and O–H groups in total. The molecule has 0 aliphatic carbocycles. The van der Waals surface area contributed by atoms with Gasteiger partial charge in [-0.15, -0.1) is 0 Å². The van der Waals surface area contributed by atoms with Crippen molar-refractivity contribution in [1.82, 2.24) is 0 Å². The summed E-state index contributed by atoms with van der Waals surface area (Å²) in [6, 6.07) is 0. The van der Waals surface area contributed by atoms with Crippen LogP contribution in [0.15, 0.2) is 12.2 Å². The number of allylic oxidation sites excluding steroid dienone is 1. The maximum absolute atomic E-state index is 10.9. The summed E-state index contributed by atoms with van der Waals surface area (Å²) in [5.41, 5.74) is 0. The molecule has 0 saturated carbocycles. The van der Waals surface area contributed by atoms with Crippen LogP contribution < -0.4 is 0 Å². The normalized spacial score (nSPS) is 23.5. The predicted octanol–water partition coefficient (Wildman–Crippen LogP) is 2.83. The third-order valence-electron chi connectivity index (χ3n) is 2.23. The first kappa shape index (κ1) is 10.3. The van der Waals surface area contributed by atoms with E-state index in [4.69, 9.17) is 4.74 Å². The molecule has 2 nitrogen and oxygen atoms in total. The largest absolute Gasteiger partial charge is 0.458 e. The lowest BCUT2D eigenvalue weighted by atomic mass is 10.1. The first-order valence-corrected chi connectivity index (χ1v) is 5.19. The van der Waals surface area contributed by atoms with E-state index >= 15 is 0 Å². The summed E-state index contributed by atoms with van der Waals surface area (Å²) >= 11 is 0. The van der Waals surface area contributed by atoms with Crippen molar-refractivity contribution in [3.63, 3.8) is 0 Å². The number of cyclic esters (lactones) is 1. The van der Waals surface area contributed by atoms with E-state index in [0.29, 0.717) is 6.42 Å². The van der Waals surface area contributed by atoms with Crippen LogP contribution in [0.25, 0.3) is 0 Å². The third-order valence-corrected chi connectivity index (χ3v) is 2.23. The molecular formula is C11H18O2. The third kappa shape index (κ3) is 4.11. The Kier molecular flexibility index (Phi) is 4.58. The molecule has 2 heteroatoms. The summed E-state index contributed by atoms with van der Waals surface area (Å²) in [7, 11) is 0. The number of carbonyl (C=O) groups is 1. The van der Waals surface area contributed by atoms with Crippen molar-refractivity contribution in [3.8, 4) is 0 Å². The number of hydrogen-bond acceptors (Lipinski definition) is 2. The predicted molar refractivity (Wildman–Crippen MR) is 52.4 cm³/mol. The van der Waals surface area contributed by atoms with Gasteiger partial charge < -0.3 is 4.74 Å². The molecular weight excluding hydrogens is 164 g/mol. The van der Waals surface area contributed by atoms with E-state index in [1.165, 1.54) is 12.8 Å². The number of unbranched alkanes of at least 4 members (excludes halogenated alkanes) is 2. The smallest absolute Gasteiger partial charge is 0.306 e. The fourth-order valence-corrected chi connectivity index (χ4v) is 1.44. The molecule has 0 spiro atoms. The Morgan fingerprint density at radius 3 is 3.15 bits per heavy atom. The van der Waals surface area contributed by atoms with Crippen LogP contribution >= 0.6 is 0 Å². The second-order valence-corrected chi connectivity index (χ2v) is 3.49.